The van der Waals surface area contributed by atoms with E-state index in [9.17, 15) is 4.79 Å². The van der Waals surface area contributed by atoms with Crippen LogP contribution in [0, 0.1) is 0 Å². The summed E-state index contributed by atoms with van der Waals surface area (Å²) < 4.78 is -0.319. The summed E-state index contributed by atoms with van der Waals surface area (Å²) in [7, 11) is 0. The van der Waals surface area contributed by atoms with Crippen LogP contribution in [0.4, 0.5) is 0 Å². The molecule has 1 atom stereocenters. The molecule has 0 heterocycles. The van der Waals surface area contributed by atoms with E-state index < -0.39 is 0 Å². The molecule has 0 bridgehead atoms. The summed E-state index contributed by atoms with van der Waals surface area (Å²) in [6.07, 6.45) is 7.21. The van der Waals surface area contributed by atoms with Crippen molar-refractivity contribution in [1.82, 2.24) is 0 Å². The SMILES string of the molecule is C=C(C)C(=O)SC(C)(C1=CC=CC1)c1ccccc1. The van der Waals surface area contributed by atoms with Crippen molar-refractivity contribution < 1.29 is 4.79 Å². The Kier molecular flexibility index (Phi) is 4.11. The zero-order valence-corrected chi connectivity index (χ0v) is 12.2. The molecule has 2 heteroatoms. The molecule has 0 spiro atoms. The molecule has 19 heavy (non-hydrogen) atoms. The third-order valence-electron chi connectivity index (χ3n) is 3.35. The summed E-state index contributed by atoms with van der Waals surface area (Å²) in [6.45, 7) is 7.64. The molecule has 0 amide bonds. The van der Waals surface area contributed by atoms with Gasteiger partial charge in [-0.2, -0.15) is 0 Å². The predicted molar refractivity (Wildman–Crippen MR) is 83.0 cm³/mol. The number of carbonyl (C=O) groups excluding carboxylic acids is 1. The van der Waals surface area contributed by atoms with Crippen LogP contribution in [0.2, 0.25) is 0 Å². The highest BCUT2D eigenvalue weighted by Gasteiger charge is 2.34. The van der Waals surface area contributed by atoms with E-state index in [1.807, 2.05) is 18.2 Å². The zero-order valence-electron chi connectivity index (χ0n) is 11.3. The van der Waals surface area contributed by atoms with E-state index in [0.717, 1.165) is 12.0 Å². The highest BCUT2D eigenvalue weighted by molar-refractivity contribution is 8.15. The van der Waals surface area contributed by atoms with E-state index in [2.05, 4.69) is 43.9 Å². The topological polar surface area (TPSA) is 17.1 Å². The molecular formula is C17H18OS. The van der Waals surface area contributed by atoms with Crippen molar-refractivity contribution in [3.63, 3.8) is 0 Å². The van der Waals surface area contributed by atoms with Gasteiger partial charge in [-0.3, -0.25) is 4.79 Å². The normalized spacial score (nSPS) is 16.8. The molecule has 0 fully saturated rings. The minimum atomic E-state index is -0.319. The van der Waals surface area contributed by atoms with Gasteiger partial charge in [0, 0.05) is 0 Å². The smallest absolute Gasteiger partial charge is 0.215 e. The molecule has 1 aliphatic rings. The van der Waals surface area contributed by atoms with Crippen LogP contribution in [-0.2, 0) is 9.54 Å². The van der Waals surface area contributed by atoms with Gasteiger partial charge in [-0.25, -0.2) is 0 Å². The van der Waals surface area contributed by atoms with E-state index in [-0.39, 0.29) is 9.86 Å². The van der Waals surface area contributed by atoms with Crippen molar-refractivity contribution in [1.29, 1.82) is 0 Å². The summed E-state index contributed by atoms with van der Waals surface area (Å²) in [5.74, 6) is 0. The van der Waals surface area contributed by atoms with Crippen molar-refractivity contribution in [3.05, 3.63) is 71.8 Å². The maximum atomic E-state index is 12.1. The summed E-state index contributed by atoms with van der Waals surface area (Å²) in [5.41, 5.74) is 3.02. The molecule has 2 rings (SSSR count). The second kappa shape index (κ2) is 5.62. The molecular weight excluding hydrogens is 252 g/mol. The van der Waals surface area contributed by atoms with Gasteiger partial charge in [-0.05, 0) is 37.0 Å². The van der Waals surface area contributed by atoms with E-state index in [4.69, 9.17) is 0 Å². The largest absolute Gasteiger partial charge is 0.282 e. The number of carbonyl (C=O) groups is 1. The molecule has 1 nitrogen and oxygen atoms in total. The first-order valence-corrected chi connectivity index (χ1v) is 7.16. The van der Waals surface area contributed by atoms with Crippen LogP contribution < -0.4 is 0 Å². The summed E-state index contributed by atoms with van der Waals surface area (Å²) in [5, 5.41) is 0.0548. The van der Waals surface area contributed by atoms with Gasteiger partial charge in [-0.1, -0.05) is 66.9 Å². The number of hydrogen-bond acceptors (Lipinski definition) is 2. The van der Waals surface area contributed by atoms with Crippen LogP contribution in [-0.4, -0.2) is 5.12 Å². The highest BCUT2D eigenvalue weighted by Crippen LogP contribution is 2.46. The monoisotopic (exact) mass is 270 g/mol. The molecule has 1 unspecified atom stereocenters. The standard InChI is InChI=1S/C17H18OS/c1-13(2)16(18)19-17(3,15-11-7-8-12-15)14-9-5-4-6-10-14/h4-11H,1,12H2,2-3H3. The maximum absolute atomic E-state index is 12.1. The lowest BCUT2D eigenvalue weighted by Gasteiger charge is -2.30. The van der Waals surface area contributed by atoms with Gasteiger partial charge in [0.25, 0.3) is 0 Å². The lowest BCUT2D eigenvalue weighted by molar-refractivity contribution is -0.107. The first-order chi connectivity index (χ1) is 9.04. The molecule has 98 valence electrons. The second-order valence-electron chi connectivity index (χ2n) is 4.89. The highest BCUT2D eigenvalue weighted by atomic mass is 32.2. The number of benzene rings is 1. The first-order valence-electron chi connectivity index (χ1n) is 6.34. The van der Waals surface area contributed by atoms with E-state index >= 15 is 0 Å². The molecule has 0 aliphatic heterocycles. The second-order valence-corrected chi connectivity index (χ2v) is 6.28. The predicted octanol–water partition coefficient (Wildman–Crippen LogP) is 4.62. The van der Waals surface area contributed by atoms with Gasteiger partial charge in [0.2, 0.25) is 5.12 Å². The fourth-order valence-electron chi connectivity index (χ4n) is 2.14. The molecule has 1 aromatic rings. The minimum Gasteiger partial charge on any atom is -0.282 e. The van der Waals surface area contributed by atoms with Gasteiger partial charge in [-0.15, -0.1) is 0 Å². The number of thioether (sulfide) groups is 1. The van der Waals surface area contributed by atoms with Gasteiger partial charge in [0.05, 0.1) is 4.75 Å². The molecule has 0 N–H and O–H groups in total. The van der Waals surface area contributed by atoms with Crippen molar-refractivity contribution in [2.24, 2.45) is 0 Å². The molecule has 0 aromatic heterocycles. The first kappa shape index (κ1) is 13.9. The molecule has 1 aromatic carbocycles. The van der Waals surface area contributed by atoms with Crippen LogP contribution in [0.5, 0.6) is 0 Å². The van der Waals surface area contributed by atoms with Crippen LogP contribution >= 0.6 is 11.8 Å². The quantitative estimate of drug-likeness (QED) is 0.742. The summed E-state index contributed by atoms with van der Waals surface area (Å²) >= 11 is 1.36. The fourth-order valence-corrected chi connectivity index (χ4v) is 3.22. The summed E-state index contributed by atoms with van der Waals surface area (Å²) in [6, 6.07) is 10.2. The lowest BCUT2D eigenvalue weighted by atomic mass is 9.91. The average molecular weight is 270 g/mol. The van der Waals surface area contributed by atoms with Crippen molar-refractivity contribution in [2.45, 2.75) is 25.0 Å². The molecule has 1 aliphatic carbocycles. The Morgan fingerprint density at radius 3 is 2.53 bits per heavy atom. The van der Waals surface area contributed by atoms with E-state index in [1.165, 1.54) is 17.3 Å². The van der Waals surface area contributed by atoms with Crippen LogP contribution in [0.1, 0.15) is 25.8 Å². The molecule has 0 saturated heterocycles. The summed E-state index contributed by atoms with van der Waals surface area (Å²) in [4.78, 5) is 12.1. The Morgan fingerprint density at radius 2 is 2.00 bits per heavy atom. The Bertz CT molecular complexity index is 554. The number of rotatable bonds is 4. The molecule has 0 radical (unpaired) electrons. The lowest BCUT2D eigenvalue weighted by Crippen LogP contribution is -2.22. The minimum absolute atomic E-state index is 0.0548. The van der Waals surface area contributed by atoms with Crippen LogP contribution in [0.3, 0.4) is 0 Å². The van der Waals surface area contributed by atoms with Gasteiger partial charge in [0.1, 0.15) is 0 Å². The Morgan fingerprint density at radius 1 is 1.32 bits per heavy atom. The molecule has 0 saturated carbocycles. The van der Waals surface area contributed by atoms with Crippen LogP contribution in [0.25, 0.3) is 0 Å². The third kappa shape index (κ3) is 2.90. The Hall–Kier alpha value is -1.54. The Balaban J connectivity index is 2.39. The number of allylic oxidation sites excluding steroid dienone is 3. The zero-order chi connectivity index (χ0) is 13.9. The Labute approximate surface area is 119 Å². The third-order valence-corrected chi connectivity index (χ3v) is 4.79. The maximum Gasteiger partial charge on any atom is 0.215 e. The number of hydrogen-bond donors (Lipinski definition) is 0. The van der Waals surface area contributed by atoms with Gasteiger partial charge < -0.3 is 0 Å². The van der Waals surface area contributed by atoms with Crippen molar-refractivity contribution in [3.8, 4) is 0 Å². The van der Waals surface area contributed by atoms with E-state index in [0.29, 0.717) is 5.57 Å². The van der Waals surface area contributed by atoms with Gasteiger partial charge in [0.15, 0.2) is 0 Å². The van der Waals surface area contributed by atoms with Crippen molar-refractivity contribution in [2.75, 3.05) is 0 Å². The average Bonchev–Trinajstić information content (AvgIpc) is 2.94. The van der Waals surface area contributed by atoms with Gasteiger partial charge >= 0.3 is 0 Å². The fraction of sp³-hybridized carbons (Fsp3) is 0.235. The van der Waals surface area contributed by atoms with Crippen molar-refractivity contribution >= 4 is 16.9 Å². The van der Waals surface area contributed by atoms with Crippen LogP contribution in [0.15, 0.2) is 66.3 Å². The van der Waals surface area contributed by atoms with E-state index in [1.54, 1.807) is 6.92 Å².